The summed E-state index contributed by atoms with van der Waals surface area (Å²) in [5, 5.41) is 10.6. The van der Waals surface area contributed by atoms with Gasteiger partial charge in [-0.2, -0.15) is 0 Å². The fourth-order valence-corrected chi connectivity index (χ4v) is 11.7. The highest BCUT2D eigenvalue weighted by Gasteiger charge is 2.82. The number of hydrogen-bond acceptors (Lipinski definition) is 4. The summed E-state index contributed by atoms with van der Waals surface area (Å²) in [5.41, 5.74) is -2.14. The normalized spacial score (nSPS) is 53.2. The summed E-state index contributed by atoms with van der Waals surface area (Å²) in [5.74, 6) is 0.457. The van der Waals surface area contributed by atoms with Gasteiger partial charge in [0.1, 0.15) is 5.60 Å². The quantitative estimate of drug-likeness (QED) is 0.432. The molecule has 5 aliphatic carbocycles. The number of allylic oxidation sites excluding steroid dienone is 2. The van der Waals surface area contributed by atoms with Crippen molar-refractivity contribution in [2.75, 3.05) is 6.61 Å². The zero-order valence-electron chi connectivity index (χ0n) is 23.9. The van der Waals surface area contributed by atoms with E-state index in [4.69, 9.17) is 11.3 Å². The van der Waals surface area contributed by atoms with Crippen molar-refractivity contribution < 1.29 is 19.4 Å². The van der Waals surface area contributed by atoms with E-state index in [1.807, 2.05) is 19.9 Å². The van der Waals surface area contributed by atoms with Crippen molar-refractivity contribution in [3.63, 3.8) is 0 Å². The van der Waals surface area contributed by atoms with E-state index >= 15 is 0 Å². The van der Waals surface area contributed by atoms with Gasteiger partial charge >= 0.3 is 0 Å². The Labute approximate surface area is 222 Å². The van der Waals surface area contributed by atoms with Crippen LogP contribution in [-0.2, 0) is 14.3 Å². The second-order valence-electron chi connectivity index (χ2n) is 15.8. The third-order valence-electron chi connectivity index (χ3n) is 13.8. The van der Waals surface area contributed by atoms with Crippen LogP contribution in [0.25, 0.3) is 4.85 Å². The number of nitrogens with zero attached hydrogens (tertiary/aromatic N) is 1. The Hall–Kier alpha value is -1.51. The molecule has 5 fully saturated rings. The van der Waals surface area contributed by atoms with Crippen LogP contribution >= 0.6 is 0 Å². The topological polar surface area (TPSA) is 68.0 Å². The zero-order valence-corrected chi connectivity index (χ0v) is 23.9. The lowest BCUT2D eigenvalue weighted by atomic mass is 9.31. The van der Waals surface area contributed by atoms with Gasteiger partial charge in [0.25, 0.3) is 0 Å². The first-order valence-corrected chi connectivity index (χ1v) is 14.6. The monoisotopic (exact) mass is 507 g/mol. The highest BCUT2D eigenvalue weighted by atomic mass is 16.5. The maximum absolute atomic E-state index is 14.8. The van der Waals surface area contributed by atoms with Crippen LogP contribution in [0.2, 0.25) is 0 Å². The number of Topliss-reactive ketones (excluding diaryl/α,β-unsaturated/α-hetero) is 2. The van der Waals surface area contributed by atoms with Gasteiger partial charge in [0.15, 0.2) is 11.6 Å². The summed E-state index contributed by atoms with van der Waals surface area (Å²) in [6.07, 6.45) is 9.02. The minimum absolute atomic E-state index is 0.0185. The molecule has 1 heterocycles. The summed E-state index contributed by atoms with van der Waals surface area (Å²) in [7, 11) is 0. The van der Waals surface area contributed by atoms with E-state index in [1.165, 1.54) is 0 Å². The van der Waals surface area contributed by atoms with Crippen molar-refractivity contribution in [3.8, 4) is 0 Å². The van der Waals surface area contributed by atoms with Crippen molar-refractivity contribution >= 4 is 11.6 Å². The minimum atomic E-state index is -0.864. The average Bonchev–Trinajstić information content (AvgIpc) is 3.04. The van der Waals surface area contributed by atoms with Gasteiger partial charge in [-0.05, 0) is 73.0 Å². The third-order valence-corrected chi connectivity index (χ3v) is 13.8. The maximum Gasteiger partial charge on any atom is 0.226 e. The molecular formula is C32H45NO4. The summed E-state index contributed by atoms with van der Waals surface area (Å²) in [6.45, 7) is 23.4. The largest absolute Gasteiger partial charge is 0.394 e. The van der Waals surface area contributed by atoms with E-state index < -0.39 is 16.4 Å². The Morgan fingerprint density at radius 1 is 0.973 bits per heavy atom. The molecule has 6 rings (SSSR count). The number of carbonyl (C=O) groups is 2. The van der Waals surface area contributed by atoms with E-state index in [1.54, 1.807) is 0 Å². The van der Waals surface area contributed by atoms with Crippen molar-refractivity contribution in [2.45, 2.75) is 112 Å². The lowest BCUT2D eigenvalue weighted by molar-refractivity contribution is -0.257. The number of ketones is 2. The first-order chi connectivity index (χ1) is 17.1. The smallest absolute Gasteiger partial charge is 0.226 e. The molecule has 9 atom stereocenters. The van der Waals surface area contributed by atoms with Crippen molar-refractivity contribution in [2.24, 2.45) is 50.2 Å². The average molecular weight is 508 g/mol. The fourth-order valence-electron chi connectivity index (χ4n) is 11.7. The Kier molecular flexibility index (Phi) is 4.98. The Morgan fingerprint density at radius 2 is 1.65 bits per heavy atom. The van der Waals surface area contributed by atoms with Gasteiger partial charge in [-0.3, -0.25) is 4.79 Å². The Balaban J connectivity index is 1.54. The maximum atomic E-state index is 14.8. The first kappa shape index (κ1) is 25.8. The number of rotatable bonds is 1. The van der Waals surface area contributed by atoms with Crippen molar-refractivity contribution in [1.82, 2.24) is 0 Å². The van der Waals surface area contributed by atoms with Gasteiger partial charge < -0.3 is 14.6 Å². The molecule has 0 aromatic heterocycles. The molecule has 6 aliphatic rings. The van der Waals surface area contributed by atoms with Crippen molar-refractivity contribution in [3.05, 3.63) is 23.2 Å². The molecule has 202 valence electrons. The van der Waals surface area contributed by atoms with Gasteiger partial charge in [-0.25, -0.2) is 4.85 Å². The molecule has 1 spiro atoms. The van der Waals surface area contributed by atoms with Crippen LogP contribution in [0.4, 0.5) is 0 Å². The van der Waals surface area contributed by atoms with E-state index in [9.17, 15) is 14.7 Å². The highest BCUT2D eigenvalue weighted by Crippen LogP contribution is 2.80. The third kappa shape index (κ3) is 2.64. The summed E-state index contributed by atoms with van der Waals surface area (Å²) in [6, 6.07) is 0. The van der Waals surface area contributed by atoms with Gasteiger partial charge in [-0.15, -0.1) is 0 Å². The fraction of sp³-hybridized carbons (Fsp3) is 0.844. The number of fused-ring (bicyclic) bond motifs is 4. The molecular weight excluding hydrogens is 462 g/mol. The number of ether oxygens (including phenoxy) is 1. The second kappa shape index (κ2) is 7.16. The highest BCUT2D eigenvalue weighted by molar-refractivity contribution is 6.02. The second-order valence-corrected chi connectivity index (χ2v) is 15.8. The molecule has 1 saturated heterocycles. The van der Waals surface area contributed by atoms with Gasteiger partial charge in [0.2, 0.25) is 5.70 Å². The van der Waals surface area contributed by atoms with Gasteiger partial charge in [-0.1, -0.05) is 54.5 Å². The lowest BCUT2D eigenvalue weighted by Gasteiger charge is -2.72. The minimum Gasteiger partial charge on any atom is -0.394 e. The number of aliphatic hydroxyl groups is 1. The molecule has 0 aromatic carbocycles. The van der Waals surface area contributed by atoms with Gasteiger partial charge in [0, 0.05) is 28.6 Å². The van der Waals surface area contributed by atoms with Crippen molar-refractivity contribution in [1.29, 1.82) is 0 Å². The number of carbonyl (C=O) groups excluding carboxylic acids is 2. The molecule has 1 N–H and O–H groups in total. The molecule has 1 aliphatic heterocycles. The standard InChI is InChI=1S/C32H45NO4/c1-26(2)11-13-31-14-12-30(7)29(6)10-9-20-27(3,4)25(36)19(33-8)16-28(20,5)21(29)15-23(35)32(30,22(31)17-26)37-24(31)18-34/h16,20-22,24,34H,9-15,17-18H2,1-7H3/t20-,21+,22+,24?,28-,29+,30-,31-,32+/m0/s1. The summed E-state index contributed by atoms with van der Waals surface area (Å²) in [4.78, 5) is 31.7. The lowest BCUT2D eigenvalue weighted by Crippen LogP contribution is -2.74. The predicted octanol–water partition coefficient (Wildman–Crippen LogP) is 6.15. The van der Waals surface area contributed by atoms with Crippen LogP contribution < -0.4 is 0 Å². The van der Waals surface area contributed by atoms with E-state index in [0.717, 1.165) is 44.9 Å². The van der Waals surface area contributed by atoms with Crippen LogP contribution in [0.3, 0.4) is 0 Å². The molecule has 1 unspecified atom stereocenters. The molecule has 37 heavy (non-hydrogen) atoms. The molecule has 2 bridgehead atoms. The first-order valence-electron chi connectivity index (χ1n) is 14.6. The predicted molar refractivity (Wildman–Crippen MR) is 141 cm³/mol. The zero-order chi connectivity index (χ0) is 27.0. The van der Waals surface area contributed by atoms with Crippen LogP contribution in [0, 0.1) is 56.8 Å². The van der Waals surface area contributed by atoms with E-state index in [2.05, 4.69) is 39.5 Å². The van der Waals surface area contributed by atoms with E-state index in [-0.39, 0.29) is 69.4 Å². The number of hydrogen-bond donors (Lipinski definition) is 1. The SMILES string of the molecule is [C-]#[N+]C1=C[C@]2(C)[C@H]3CC(=O)[C@]45OC(CO)[C@@]6(CCC(C)(C)C[C@H]64)CC[C@@]5(C)[C@]3(C)CC[C@H]2C(C)(C)C1=O. The molecule has 4 saturated carbocycles. The molecule has 0 radical (unpaired) electrons. The summed E-state index contributed by atoms with van der Waals surface area (Å²) < 4.78 is 7.04. The van der Waals surface area contributed by atoms with E-state index in [0.29, 0.717) is 6.42 Å². The molecule has 0 amide bonds. The summed E-state index contributed by atoms with van der Waals surface area (Å²) >= 11 is 0. The Morgan fingerprint density at radius 3 is 2.30 bits per heavy atom. The molecule has 0 aromatic rings. The van der Waals surface area contributed by atoms with Crippen LogP contribution in [0.1, 0.15) is 99.8 Å². The molecule has 5 heteroatoms. The van der Waals surface area contributed by atoms with Crippen LogP contribution in [0.5, 0.6) is 0 Å². The number of aliphatic hydroxyl groups excluding tert-OH is 1. The molecule has 5 nitrogen and oxygen atoms in total. The van der Waals surface area contributed by atoms with Gasteiger partial charge in [0.05, 0.1) is 19.3 Å². The van der Waals surface area contributed by atoms with Crippen LogP contribution in [-0.4, -0.2) is 35.0 Å². The Bertz CT molecular complexity index is 1160. The van der Waals surface area contributed by atoms with Crippen LogP contribution in [0.15, 0.2) is 11.8 Å².